The number of anilines is 1. The van der Waals surface area contributed by atoms with Crippen molar-refractivity contribution in [3.63, 3.8) is 0 Å². The Bertz CT molecular complexity index is 370. The van der Waals surface area contributed by atoms with E-state index in [1.54, 1.807) is 0 Å². The van der Waals surface area contributed by atoms with Crippen LogP contribution in [0, 0.1) is 12.3 Å². The first-order valence-electron chi connectivity index (χ1n) is 5.79. The van der Waals surface area contributed by atoms with Gasteiger partial charge < -0.3 is 15.5 Å². The zero-order chi connectivity index (χ0) is 11.4. The predicted molar refractivity (Wildman–Crippen MR) is 66.3 cm³/mol. The zero-order valence-corrected chi connectivity index (χ0v) is 9.62. The maximum atomic E-state index is 7.39. The second kappa shape index (κ2) is 5.12. The highest BCUT2D eigenvalue weighted by Crippen LogP contribution is 2.20. The molecule has 86 valence electrons. The van der Waals surface area contributed by atoms with Crippen LogP contribution in [0.3, 0.4) is 0 Å². The molecule has 1 aromatic carbocycles. The van der Waals surface area contributed by atoms with E-state index in [0.29, 0.717) is 0 Å². The van der Waals surface area contributed by atoms with Crippen molar-refractivity contribution < 1.29 is 4.74 Å². The van der Waals surface area contributed by atoms with Gasteiger partial charge in [-0.1, -0.05) is 11.6 Å². The van der Waals surface area contributed by atoms with E-state index >= 15 is 0 Å². The van der Waals surface area contributed by atoms with E-state index < -0.39 is 0 Å². The number of ether oxygens (including phenoxy) is 1. The zero-order valence-electron chi connectivity index (χ0n) is 9.62. The van der Waals surface area contributed by atoms with Crippen LogP contribution in [0.15, 0.2) is 18.2 Å². The van der Waals surface area contributed by atoms with Crippen molar-refractivity contribution in [1.29, 1.82) is 5.41 Å². The van der Waals surface area contributed by atoms with Crippen molar-refractivity contribution >= 4 is 11.9 Å². The third-order valence-electron chi connectivity index (χ3n) is 2.86. The molecule has 0 bridgehead atoms. The average molecular weight is 218 g/mol. The van der Waals surface area contributed by atoms with Gasteiger partial charge in [0.1, 0.15) is 6.23 Å². The number of nitrogens with one attached hydrogen (secondary N) is 2. The molecule has 1 atom stereocenters. The minimum atomic E-state index is 0.107. The van der Waals surface area contributed by atoms with Crippen LogP contribution in [-0.4, -0.2) is 19.0 Å². The maximum Gasteiger partial charge on any atom is 0.127 e. The summed E-state index contributed by atoms with van der Waals surface area (Å²) in [4.78, 5) is 0. The van der Waals surface area contributed by atoms with Crippen molar-refractivity contribution in [3.8, 4) is 0 Å². The van der Waals surface area contributed by atoms with Crippen molar-refractivity contribution in [3.05, 3.63) is 29.3 Å². The third-order valence-corrected chi connectivity index (χ3v) is 2.86. The minimum absolute atomic E-state index is 0.107. The summed E-state index contributed by atoms with van der Waals surface area (Å²) in [6.45, 7) is 2.87. The molecule has 0 radical (unpaired) electrons. The van der Waals surface area contributed by atoms with Gasteiger partial charge in [0.25, 0.3) is 0 Å². The van der Waals surface area contributed by atoms with Crippen LogP contribution in [0.5, 0.6) is 0 Å². The molecular formula is C13H18N2O. The molecule has 1 aromatic rings. The van der Waals surface area contributed by atoms with Crippen LogP contribution in [0.2, 0.25) is 0 Å². The van der Waals surface area contributed by atoms with Crippen LogP contribution in [0.4, 0.5) is 5.69 Å². The average Bonchev–Trinajstić information content (AvgIpc) is 2.33. The lowest BCUT2D eigenvalue weighted by atomic mass is 10.1. The maximum absolute atomic E-state index is 7.39. The molecule has 16 heavy (non-hydrogen) atoms. The smallest absolute Gasteiger partial charge is 0.127 e. The third kappa shape index (κ3) is 2.61. The molecule has 3 nitrogen and oxygen atoms in total. The number of aryl methyl sites for hydroxylation is 1. The summed E-state index contributed by atoms with van der Waals surface area (Å²) in [6, 6.07) is 6.09. The summed E-state index contributed by atoms with van der Waals surface area (Å²) >= 11 is 0. The van der Waals surface area contributed by atoms with Crippen LogP contribution in [-0.2, 0) is 4.74 Å². The summed E-state index contributed by atoms with van der Waals surface area (Å²) in [5, 5.41) is 10.7. The molecular weight excluding hydrogens is 200 g/mol. The van der Waals surface area contributed by atoms with Gasteiger partial charge in [-0.2, -0.15) is 0 Å². The van der Waals surface area contributed by atoms with Gasteiger partial charge in [-0.05, 0) is 38.3 Å². The first-order valence-corrected chi connectivity index (χ1v) is 5.79. The fourth-order valence-electron chi connectivity index (χ4n) is 1.96. The fourth-order valence-corrected chi connectivity index (χ4v) is 1.96. The highest BCUT2D eigenvalue weighted by molar-refractivity contribution is 5.86. The number of hydrogen-bond donors (Lipinski definition) is 2. The van der Waals surface area contributed by atoms with Gasteiger partial charge in [-0.15, -0.1) is 0 Å². The summed E-state index contributed by atoms with van der Waals surface area (Å²) in [6.07, 6.45) is 4.91. The van der Waals surface area contributed by atoms with E-state index in [-0.39, 0.29) is 6.23 Å². The lowest BCUT2D eigenvalue weighted by Gasteiger charge is -2.25. The Morgan fingerprint density at radius 3 is 3.00 bits per heavy atom. The molecule has 3 heteroatoms. The quantitative estimate of drug-likeness (QED) is 0.766. The van der Waals surface area contributed by atoms with Crippen molar-refractivity contribution in [1.82, 2.24) is 0 Å². The molecule has 2 rings (SSSR count). The standard InChI is InChI=1S/C13H18N2O/c1-10-5-6-12(11(8-10)9-14)15-13-4-2-3-7-16-13/h5-6,8-9,13-15H,2-4,7H2,1H3. The molecule has 0 saturated carbocycles. The van der Waals surface area contributed by atoms with E-state index in [4.69, 9.17) is 10.1 Å². The Labute approximate surface area is 96.3 Å². The summed E-state index contributed by atoms with van der Waals surface area (Å²) in [5.74, 6) is 0. The second-order valence-electron chi connectivity index (χ2n) is 4.23. The number of benzene rings is 1. The Kier molecular flexibility index (Phi) is 3.57. The normalized spacial score (nSPS) is 20.4. The largest absolute Gasteiger partial charge is 0.360 e. The Balaban J connectivity index is 2.10. The van der Waals surface area contributed by atoms with Gasteiger partial charge in [0.2, 0.25) is 0 Å². The van der Waals surface area contributed by atoms with E-state index in [1.165, 1.54) is 18.2 Å². The van der Waals surface area contributed by atoms with Crippen LogP contribution in [0.25, 0.3) is 0 Å². The molecule has 0 aliphatic carbocycles. The second-order valence-corrected chi connectivity index (χ2v) is 4.23. The Hall–Kier alpha value is -1.35. The van der Waals surface area contributed by atoms with Crippen LogP contribution >= 0.6 is 0 Å². The molecule has 1 saturated heterocycles. The Morgan fingerprint density at radius 2 is 2.31 bits per heavy atom. The predicted octanol–water partition coefficient (Wildman–Crippen LogP) is 2.93. The molecule has 1 aliphatic rings. The van der Waals surface area contributed by atoms with Gasteiger partial charge in [0, 0.05) is 24.1 Å². The first kappa shape index (κ1) is 11.1. The van der Waals surface area contributed by atoms with E-state index in [1.807, 2.05) is 19.1 Å². The SMILES string of the molecule is Cc1ccc(NC2CCCCO2)c(C=N)c1. The molecule has 1 fully saturated rings. The Morgan fingerprint density at radius 1 is 1.44 bits per heavy atom. The van der Waals surface area contributed by atoms with E-state index in [9.17, 15) is 0 Å². The molecule has 0 aromatic heterocycles. The van der Waals surface area contributed by atoms with E-state index in [0.717, 1.165) is 30.7 Å². The highest BCUT2D eigenvalue weighted by atomic mass is 16.5. The van der Waals surface area contributed by atoms with E-state index in [2.05, 4.69) is 11.4 Å². The van der Waals surface area contributed by atoms with Crippen molar-refractivity contribution in [2.24, 2.45) is 0 Å². The highest BCUT2D eigenvalue weighted by Gasteiger charge is 2.14. The molecule has 1 unspecified atom stereocenters. The van der Waals surface area contributed by atoms with Gasteiger partial charge >= 0.3 is 0 Å². The van der Waals surface area contributed by atoms with Crippen LogP contribution < -0.4 is 5.32 Å². The van der Waals surface area contributed by atoms with Gasteiger partial charge in [0.15, 0.2) is 0 Å². The van der Waals surface area contributed by atoms with Gasteiger partial charge in [-0.3, -0.25) is 0 Å². The lowest BCUT2D eigenvalue weighted by molar-refractivity contribution is 0.0343. The summed E-state index contributed by atoms with van der Waals surface area (Å²) in [7, 11) is 0. The molecule has 1 aliphatic heterocycles. The topological polar surface area (TPSA) is 45.1 Å². The summed E-state index contributed by atoms with van der Waals surface area (Å²) in [5.41, 5.74) is 3.09. The monoisotopic (exact) mass is 218 g/mol. The van der Waals surface area contributed by atoms with Crippen molar-refractivity contribution in [2.45, 2.75) is 32.4 Å². The summed E-state index contributed by atoms with van der Waals surface area (Å²) < 4.78 is 5.63. The van der Waals surface area contributed by atoms with Gasteiger partial charge in [-0.25, -0.2) is 0 Å². The first-order chi connectivity index (χ1) is 7.79. The number of hydrogen-bond acceptors (Lipinski definition) is 3. The van der Waals surface area contributed by atoms with Crippen molar-refractivity contribution in [2.75, 3.05) is 11.9 Å². The molecule has 0 spiro atoms. The number of rotatable bonds is 3. The molecule has 1 heterocycles. The molecule has 0 amide bonds. The lowest BCUT2D eigenvalue weighted by Crippen LogP contribution is -2.27. The fraction of sp³-hybridized carbons (Fsp3) is 0.462. The minimum Gasteiger partial charge on any atom is -0.360 e. The van der Waals surface area contributed by atoms with Crippen LogP contribution in [0.1, 0.15) is 30.4 Å². The molecule has 2 N–H and O–H groups in total. The van der Waals surface area contributed by atoms with Gasteiger partial charge in [0.05, 0.1) is 0 Å².